The fraction of sp³-hybridized carbons (Fsp3) is 0.389. The van der Waals surface area contributed by atoms with Crippen LogP contribution in [0, 0.1) is 0 Å². The van der Waals surface area contributed by atoms with Gasteiger partial charge in [-0.3, -0.25) is 28.8 Å². The van der Waals surface area contributed by atoms with Crippen LogP contribution in [0.1, 0.15) is 13.2 Å². The lowest BCUT2D eigenvalue weighted by molar-refractivity contribution is -0.0550. The Morgan fingerprint density at radius 2 is 1.89 bits per heavy atom. The SMILES string of the molecule is CCP(=O)(O)OP(=O)(O)OC[C@H]1O[C@@H](n2ccc(=O)[nH]c2=O)[C@H](OC(=O)Nc2ccccc2)[C@@H]1O. The Balaban J connectivity index is 1.80. The molecule has 35 heavy (non-hydrogen) atoms. The second kappa shape index (κ2) is 11.0. The van der Waals surface area contributed by atoms with E-state index in [1.54, 1.807) is 30.3 Å². The number of aromatic amines is 1. The predicted molar refractivity (Wildman–Crippen MR) is 119 cm³/mol. The van der Waals surface area contributed by atoms with Crippen molar-refractivity contribution in [2.45, 2.75) is 31.5 Å². The van der Waals surface area contributed by atoms with Gasteiger partial charge >= 0.3 is 27.2 Å². The number of H-pyrrole nitrogens is 1. The molecule has 0 radical (unpaired) electrons. The van der Waals surface area contributed by atoms with E-state index in [1.807, 2.05) is 4.98 Å². The van der Waals surface area contributed by atoms with E-state index in [1.165, 1.54) is 6.92 Å². The first-order chi connectivity index (χ1) is 16.4. The molecule has 15 nitrogen and oxygen atoms in total. The van der Waals surface area contributed by atoms with Crippen LogP contribution in [0.2, 0.25) is 0 Å². The monoisotopic (exact) mass is 535 g/mol. The molecule has 192 valence electrons. The summed E-state index contributed by atoms with van der Waals surface area (Å²) in [6, 6.07) is 9.14. The minimum absolute atomic E-state index is 0.367. The van der Waals surface area contributed by atoms with Crippen LogP contribution in [-0.2, 0) is 27.4 Å². The molecule has 1 aliphatic heterocycles. The highest BCUT2D eigenvalue weighted by Crippen LogP contribution is 2.59. The third kappa shape index (κ3) is 7.19. The van der Waals surface area contributed by atoms with Crippen LogP contribution < -0.4 is 16.6 Å². The van der Waals surface area contributed by atoms with Crippen LogP contribution >= 0.6 is 15.4 Å². The zero-order valence-corrected chi connectivity index (χ0v) is 19.9. The molecule has 1 fully saturated rings. The van der Waals surface area contributed by atoms with E-state index in [9.17, 15) is 38.4 Å². The lowest BCUT2D eigenvalue weighted by Crippen LogP contribution is -2.41. The maximum Gasteiger partial charge on any atom is 0.479 e. The molecule has 0 bridgehead atoms. The van der Waals surface area contributed by atoms with Crippen molar-refractivity contribution < 1.29 is 47.1 Å². The topological polar surface area (TPSA) is 216 Å². The van der Waals surface area contributed by atoms with E-state index < -0.39 is 70.1 Å². The maximum absolute atomic E-state index is 12.4. The maximum atomic E-state index is 12.4. The van der Waals surface area contributed by atoms with Gasteiger partial charge in [0, 0.05) is 24.1 Å². The Hall–Kier alpha value is -2.61. The Labute approximate surface area is 197 Å². The van der Waals surface area contributed by atoms with Gasteiger partial charge in [0.2, 0.25) is 0 Å². The molecule has 1 saturated heterocycles. The van der Waals surface area contributed by atoms with Gasteiger partial charge in [-0.2, -0.15) is 0 Å². The lowest BCUT2D eigenvalue weighted by Gasteiger charge is -2.22. The highest BCUT2D eigenvalue weighted by atomic mass is 31.3. The fourth-order valence-corrected chi connectivity index (χ4v) is 5.31. The number of aliphatic hydroxyl groups is 1. The quantitative estimate of drug-likeness (QED) is 0.281. The zero-order valence-electron chi connectivity index (χ0n) is 18.1. The molecular weight excluding hydrogens is 512 g/mol. The first kappa shape index (κ1) is 27.0. The number of benzene rings is 1. The number of hydrogen-bond acceptors (Lipinski definition) is 10. The number of aromatic nitrogens is 2. The van der Waals surface area contributed by atoms with Crippen LogP contribution in [0.25, 0.3) is 0 Å². The van der Waals surface area contributed by atoms with Crippen molar-refractivity contribution >= 4 is 27.2 Å². The van der Waals surface area contributed by atoms with Crippen LogP contribution in [-0.4, -0.2) is 61.6 Å². The van der Waals surface area contributed by atoms with Gasteiger partial charge in [-0.05, 0) is 12.1 Å². The van der Waals surface area contributed by atoms with Crippen molar-refractivity contribution in [1.29, 1.82) is 0 Å². The highest BCUT2D eigenvalue weighted by molar-refractivity contribution is 7.63. The Kier molecular flexibility index (Phi) is 8.46. The van der Waals surface area contributed by atoms with Crippen LogP contribution in [0.3, 0.4) is 0 Å². The first-order valence-corrected chi connectivity index (χ1v) is 13.3. The van der Waals surface area contributed by atoms with Gasteiger partial charge in [0.1, 0.15) is 12.2 Å². The number of ether oxygens (including phenoxy) is 2. The molecule has 0 saturated carbocycles. The van der Waals surface area contributed by atoms with Gasteiger partial charge in [0.05, 0.1) is 6.61 Å². The van der Waals surface area contributed by atoms with Crippen molar-refractivity contribution in [3.8, 4) is 0 Å². The minimum Gasteiger partial charge on any atom is -0.438 e. The van der Waals surface area contributed by atoms with Crippen molar-refractivity contribution in [3.05, 3.63) is 63.4 Å². The molecule has 2 heterocycles. The average Bonchev–Trinajstić information content (AvgIpc) is 3.07. The minimum atomic E-state index is -5.05. The van der Waals surface area contributed by atoms with Crippen LogP contribution in [0.5, 0.6) is 0 Å². The summed E-state index contributed by atoms with van der Waals surface area (Å²) in [5.41, 5.74) is -1.30. The fourth-order valence-electron chi connectivity index (χ4n) is 3.04. The third-order valence-corrected chi connectivity index (χ3v) is 7.85. The molecule has 2 unspecified atom stereocenters. The first-order valence-electron chi connectivity index (χ1n) is 10.1. The van der Waals surface area contributed by atoms with E-state index in [0.29, 0.717) is 5.69 Å². The molecule has 5 N–H and O–H groups in total. The number of hydrogen-bond donors (Lipinski definition) is 5. The molecule has 1 aromatic carbocycles. The molecule has 3 rings (SSSR count). The van der Waals surface area contributed by atoms with E-state index in [0.717, 1.165) is 16.8 Å². The van der Waals surface area contributed by atoms with Crippen LogP contribution in [0.15, 0.2) is 52.2 Å². The number of nitrogens with one attached hydrogen (secondary N) is 2. The lowest BCUT2D eigenvalue weighted by atomic mass is 10.1. The van der Waals surface area contributed by atoms with Gasteiger partial charge in [-0.15, -0.1) is 0 Å². The Bertz CT molecular complexity index is 1250. The summed E-state index contributed by atoms with van der Waals surface area (Å²) < 4.78 is 44.2. The van der Waals surface area contributed by atoms with Crippen LogP contribution in [0.4, 0.5) is 10.5 Å². The van der Waals surface area contributed by atoms with Crippen molar-refractivity contribution in [1.82, 2.24) is 9.55 Å². The summed E-state index contributed by atoms with van der Waals surface area (Å²) in [6.07, 6.45) is -6.64. The van der Waals surface area contributed by atoms with E-state index >= 15 is 0 Å². The average molecular weight is 535 g/mol. The number of phosphoric ester groups is 1. The number of amides is 1. The Morgan fingerprint density at radius 1 is 1.20 bits per heavy atom. The van der Waals surface area contributed by atoms with Gasteiger partial charge in [-0.25, -0.2) is 18.5 Å². The largest absolute Gasteiger partial charge is 0.479 e. The normalized spacial score (nSPS) is 25.4. The number of phosphoric acid groups is 1. The van der Waals surface area contributed by atoms with E-state index in [4.69, 9.17) is 9.47 Å². The van der Waals surface area contributed by atoms with Gasteiger partial charge < -0.3 is 24.4 Å². The number of aliphatic hydroxyl groups excluding tert-OH is 1. The zero-order chi connectivity index (χ0) is 25.8. The van der Waals surface area contributed by atoms with Gasteiger partial charge in [0.15, 0.2) is 12.3 Å². The Morgan fingerprint density at radius 3 is 2.51 bits per heavy atom. The number of anilines is 1. The van der Waals surface area contributed by atoms with Gasteiger partial charge in [-0.1, -0.05) is 25.1 Å². The predicted octanol–water partition coefficient (Wildman–Crippen LogP) is 0.751. The second-order valence-corrected chi connectivity index (χ2v) is 11.0. The standard InChI is InChI=1S/C18H23N3O12P2/c1-2-34(26,27)33-35(28,29)30-10-12-14(23)15(32-18(25)19-11-6-4-3-5-7-11)16(31-12)21-9-8-13(22)20-17(21)24/h3-9,12,14-16,23H,2,10H2,1H3,(H,19,25)(H,26,27)(H,28,29)(H,20,22,24)/t12-,14-,15-,16-/m1/s1. The van der Waals surface area contributed by atoms with Crippen molar-refractivity contribution in [2.24, 2.45) is 0 Å². The number of carbonyl (C=O) groups excluding carboxylic acids is 1. The third-order valence-electron chi connectivity index (χ3n) is 4.73. The molecular formula is C18H23N3O12P2. The summed E-state index contributed by atoms with van der Waals surface area (Å²) in [6.45, 7) is 0.396. The van der Waals surface area contributed by atoms with E-state index in [2.05, 4.69) is 14.2 Å². The smallest absolute Gasteiger partial charge is 0.438 e. The molecule has 6 atom stereocenters. The van der Waals surface area contributed by atoms with E-state index in [-0.39, 0.29) is 0 Å². The number of para-hydroxylation sites is 1. The summed E-state index contributed by atoms with van der Waals surface area (Å²) in [5.74, 6) is 0. The number of nitrogens with zero attached hydrogens (tertiary/aromatic N) is 1. The van der Waals surface area contributed by atoms with Crippen molar-refractivity contribution in [3.63, 3.8) is 0 Å². The summed E-state index contributed by atoms with van der Waals surface area (Å²) in [7, 11) is -9.46. The molecule has 2 aromatic rings. The summed E-state index contributed by atoms with van der Waals surface area (Å²) in [5, 5.41) is 13.1. The summed E-state index contributed by atoms with van der Waals surface area (Å²) >= 11 is 0. The molecule has 1 aliphatic rings. The van der Waals surface area contributed by atoms with Gasteiger partial charge in [0.25, 0.3) is 5.56 Å². The molecule has 0 spiro atoms. The molecule has 0 aliphatic carbocycles. The number of rotatable bonds is 9. The molecule has 1 amide bonds. The molecule has 17 heteroatoms. The number of carbonyl (C=O) groups is 1. The van der Waals surface area contributed by atoms with Crippen molar-refractivity contribution in [2.75, 3.05) is 18.1 Å². The highest BCUT2D eigenvalue weighted by Gasteiger charge is 2.49. The summed E-state index contributed by atoms with van der Waals surface area (Å²) in [4.78, 5) is 57.2. The molecule has 1 aromatic heterocycles. The second-order valence-electron chi connectivity index (χ2n) is 7.23.